The summed E-state index contributed by atoms with van der Waals surface area (Å²) in [5.41, 5.74) is 0. The molecule has 0 radical (unpaired) electrons. The van der Waals surface area contributed by atoms with E-state index in [0.717, 1.165) is 12.8 Å². The molecule has 2 heteroatoms. The first-order chi connectivity index (χ1) is 8.86. The van der Waals surface area contributed by atoms with Crippen molar-refractivity contribution in [2.75, 3.05) is 0 Å². The van der Waals surface area contributed by atoms with Gasteiger partial charge in [-0.15, -0.1) is 0 Å². The van der Waals surface area contributed by atoms with Gasteiger partial charge in [-0.05, 0) is 25.7 Å². The average molecular weight is 254 g/mol. The molecule has 18 heavy (non-hydrogen) atoms. The van der Waals surface area contributed by atoms with Gasteiger partial charge in [0.2, 0.25) is 0 Å². The second kappa shape index (κ2) is 16.4. The third kappa shape index (κ3) is 10.5. The monoisotopic (exact) mass is 254 g/mol. The van der Waals surface area contributed by atoms with Gasteiger partial charge in [0, 0.05) is 0 Å². The highest BCUT2D eigenvalue weighted by Crippen LogP contribution is 2.19. The fourth-order valence-corrected chi connectivity index (χ4v) is 1.88. The summed E-state index contributed by atoms with van der Waals surface area (Å²) in [7, 11) is 0. The highest BCUT2D eigenvalue weighted by atomic mass is 14.9. The first-order valence-corrected chi connectivity index (χ1v) is 8.01. The number of hydrogen-bond acceptors (Lipinski definition) is 2. The molecular formula is C16H34N2. The number of nitrogens with zero attached hydrogens (tertiary/aromatic N) is 2. The second-order valence-corrected chi connectivity index (χ2v) is 4.12. The minimum Gasteiger partial charge on any atom is -0.222 e. The Morgan fingerprint density at radius 1 is 0.944 bits per heavy atom. The number of hydrogen-bond donors (Lipinski definition) is 0. The van der Waals surface area contributed by atoms with Crippen LogP contribution in [0.2, 0.25) is 0 Å². The van der Waals surface area contributed by atoms with Crippen molar-refractivity contribution in [2.24, 2.45) is 9.98 Å². The lowest BCUT2D eigenvalue weighted by atomic mass is 9.96. The van der Waals surface area contributed by atoms with Crippen LogP contribution in [0.5, 0.6) is 0 Å². The third-order valence-electron chi connectivity index (χ3n) is 3.00. The molecule has 0 aromatic heterocycles. The molecule has 2 nitrogen and oxygen atoms in total. The van der Waals surface area contributed by atoms with Crippen LogP contribution in [0.15, 0.2) is 9.98 Å². The molecule has 0 unspecified atom stereocenters. The van der Waals surface area contributed by atoms with Crippen LogP contribution in [0, 0.1) is 0 Å². The van der Waals surface area contributed by atoms with Crippen molar-refractivity contribution in [1.82, 2.24) is 0 Å². The molecule has 1 rings (SSSR count). The van der Waals surface area contributed by atoms with E-state index < -0.39 is 0 Å². The summed E-state index contributed by atoms with van der Waals surface area (Å²) >= 11 is 0. The van der Waals surface area contributed by atoms with E-state index in [1.165, 1.54) is 32.1 Å². The van der Waals surface area contributed by atoms with Crippen LogP contribution < -0.4 is 0 Å². The topological polar surface area (TPSA) is 24.7 Å². The summed E-state index contributed by atoms with van der Waals surface area (Å²) in [5, 5.41) is 0. The Hall–Kier alpha value is -0.620. The average Bonchev–Trinajstić information content (AvgIpc) is 2.49. The van der Waals surface area contributed by atoms with Crippen molar-refractivity contribution in [3.05, 3.63) is 0 Å². The molecular weight excluding hydrogens is 220 g/mol. The minimum absolute atomic E-state index is 0.433. The summed E-state index contributed by atoms with van der Waals surface area (Å²) in [4.78, 5) is 8.74. The quantitative estimate of drug-likeness (QED) is 0.572. The van der Waals surface area contributed by atoms with Crippen LogP contribution in [-0.2, 0) is 0 Å². The predicted molar refractivity (Wildman–Crippen MR) is 83.8 cm³/mol. The van der Waals surface area contributed by atoms with Crippen LogP contribution in [0.25, 0.3) is 0 Å². The first kappa shape index (κ1) is 19.7. The minimum atomic E-state index is 0.433. The SMILES string of the molecule is CC.CC.CCC(CC)N=C=NC1CCCCC1. The lowest BCUT2D eigenvalue weighted by molar-refractivity contribution is 0.444. The number of rotatable bonds is 4. The zero-order valence-electron chi connectivity index (χ0n) is 13.5. The second-order valence-electron chi connectivity index (χ2n) is 4.12. The van der Waals surface area contributed by atoms with Crippen LogP contribution in [-0.4, -0.2) is 18.1 Å². The van der Waals surface area contributed by atoms with Crippen LogP contribution >= 0.6 is 0 Å². The van der Waals surface area contributed by atoms with Gasteiger partial charge in [-0.2, -0.15) is 0 Å². The zero-order chi connectivity index (χ0) is 14.2. The van der Waals surface area contributed by atoms with E-state index in [9.17, 15) is 0 Å². The van der Waals surface area contributed by atoms with Gasteiger partial charge >= 0.3 is 0 Å². The Kier molecular flexibility index (Phi) is 17.9. The van der Waals surface area contributed by atoms with E-state index in [2.05, 4.69) is 29.8 Å². The normalized spacial score (nSPS) is 14.6. The standard InChI is InChI=1S/C12H22N2.2C2H6/c1-3-11(4-2)13-10-14-12-8-6-5-7-9-12;2*1-2/h11-12H,3-9H2,1-2H3;2*1-2H3. The van der Waals surface area contributed by atoms with E-state index in [0.29, 0.717) is 12.1 Å². The molecule has 1 aliphatic carbocycles. The molecule has 0 atom stereocenters. The number of aliphatic imine (C=N–C) groups is 2. The third-order valence-corrected chi connectivity index (χ3v) is 3.00. The lowest BCUT2D eigenvalue weighted by Crippen LogP contribution is -2.09. The maximum atomic E-state index is 4.40. The highest BCUT2D eigenvalue weighted by Gasteiger charge is 2.10. The van der Waals surface area contributed by atoms with Crippen molar-refractivity contribution in [3.8, 4) is 0 Å². The van der Waals surface area contributed by atoms with Crippen molar-refractivity contribution in [3.63, 3.8) is 0 Å². The first-order valence-electron chi connectivity index (χ1n) is 8.01. The van der Waals surface area contributed by atoms with Gasteiger partial charge in [-0.3, -0.25) is 0 Å². The van der Waals surface area contributed by atoms with Gasteiger partial charge in [0.25, 0.3) is 0 Å². The molecule has 1 aliphatic rings. The Labute approximate surface area is 115 Å². The van der Waals surface area contributed by atoms with Crippen molar-refractivity contribution >= 4 is 6.01 Å². The van der Waals surface area contributed by atoms with E-state index in [1.54, 1.807) is 0 Å². The van der Waals surface area contributed by atoms with Gasteiger partial charge in [0.05, 0.1) is 18.1 Å². The molecule has 0 bridgehead atoms. The molecule has 1 fully saturated rings. The Morgan fingerprint density at radius 2 is 1.44 bits per heavy atom. The van der Waals surface area contributed by atoms with Gasteiger partial charge in [0.1, 0.15) is 0 Å². The molecule has 0 aromatic carbocycles. The highest BCUT2D eigenvalue weighted by molar-refractivity contribution is 5.42. The molecule has 0 aromatic rings. The van der Waals surface area contributed by atoms with Gasteiger partial charge < -0.3 is 0 Å². The summed E-state index contributed by atoms with van der Waals surface area (Å²) in [5.74, 6) is 0. The Bertz CT molecular complexity index is 195. The zero-order valence-corrected chi connectivity index (χ0v) is 13.5. The summed E-state index contributed by atoms with van der Waals surface area (Å²) in [6, 6.07) is 3.86. The largest absolute Gasteiger partial charge is 0.222 e. The predicted octanol–water partition coefficient (Wildman–Crippen LogP) is 5.73. The molecule has 0 aliphatic heterocycles. The maximum absolute atomic E-state index is 4.40. The maximum Gasteiger partial charge on any atom is 0.0898 e. The Morgan fingerprint density at radius 3 is 1.89 bits per heavy atom. The van der Waals surface area contributed by atoms with Crippen molar-refractivity contribution in [1.29, 1.82) is 0 Å². The molecule has 108 valence electrons. The fraction of sp³-hybridized carbons (Fsp3) is 0.938. The van der Waals surface area contributed by atoms with E-state index >= 15 is 0 Å². The summed E-state index contributed by atoms with van der Waals surface area (Å²) < 4.78 is 0. The van der Waals surface area contributed by atoms with Crippen LogP contribution in [0.4, 0.5) is 0 Å². The van der Waals surface area contributed by atoms with Gasteiger partial charge in [0.15, 0.2) is 0 Å². The van der Waals surface area contributed by atoms with Crippen molar-refractivity contribution < 1.29 is 0 Å². The molecule has 0 spiro atoms. The molecule has 0 saturated heterocycles. The van der Waals surface area contributed by atoms with E-state index in [4.69, 9.17) is 0 Å². The molecule has 0 heterocycles. The molecule has 1 saturated carbocycles. The van der Waals surface area contributed by atoms with Gasteiger partial charge in [-0.1, -0.05) is 60.8 Å². The van der Waals surface area contributed by atoms with E-state index in [-0.39, 0.29) is 0 Å². The van der Waals surface area contributed by atoms with E-state index in [1.807, 2.05) is 27.7 Å². The molecule has 0 amide bonds. The van der Waals surface area contributed by atoms with Crippen LogP contribution in [0.1, 0.15) is 86.5 Å². The van der Waals surface area contributed by atoms with Crippen LogP contribution in [0.3, 0.4) is 0 Å². The Balaban J connectivity index is 0. The lowest BCUT2D eigenvalue weighted by Gasteiger charge is -2.15. The summed E-state index contributed by atoms with van der Waals surface area (Å²) in [6.45, 7) is 12.3. The summed E-state index contributed by atoms with van der Waals surface area (Å²) in [6.07, 6.45) is 8.74. The fourth-order valence-electron chi connectivity index (χ4n) is 1.88. The smallest absolute Gasteiger partial charge is 0.0898 e. The van der Waals surface area contributed by atoms with Crippen molar-refractivity contribution in [2.45, 2.75) is 98.6 Å². The molecule has 0 N–H and O–H groups in total. The van der Waals surface area contributed by atoms with Gasteiger partial charge in [-0.25, -0.2) is 9.98 Å².